The number of nitrogens with one attached hydrogen (secondary N) is 2. The van der Waals surface area contributed by atoms with Gasteiger partial charge >= 0.3 is 0 Å². The molecule has 0 bridgehead atoms. The number of anilines is 1. The summed E-state index contributed by atoms with van der Waals surface area (Å²) in [4.78, 5) is 27.2. The number of rotatable bonds is 6. The summed E-state index contributed by atoms with van der Waals surface area (Å²) in [5.74, 6) is 0.378. The minimum atomic E-state index is -0.325. The average molecular weight is 426 g/mol. The van der Waals surface area contributed by atoms with Gasteiger partial charge in [-0.25, -0.2) is 0 Å². The first-order valence-electron chi connectivity index (χ1n) is 10.3. The number of carbonyl (C=O) groups excluding carboxylic acids is 2. The first-order valence-corrected chi connectivity index (χ1v) is 10.7. The maximum Gasteiger partial charge on any atom is 0.257 e. The molecule has 1 fully saturated rings. The highest BCUT2D eigenvalue weighted by atomic mass is 32.1. The number of hydrogen-bond donors (Lipinski definition) is 2. The minimum Gasteiger partial charge on any atom is -0.494 e. The van der Waals surface area contributed by atoms with Gasteiger partial charge in [0.25, 0.3) is 11.8 Å². The van der Waals surface area contributed by atoms with E-state index in [-0.39, 0.29) is 16.9 Å². The van der Waals surface area contributed by atoms with Crippen LogP contribution in [-0.2, 0) is 0 Å². The fourth-order valence-electron chi connectivity index (χ4n) is 3.30. The third kappa shape index (κ3) is 5.79. The van der Waals surface area contributed by atoms with Crippen molar-refractivity contribution in [3.63, 3.8) is 0 Å². The number of carbonyl (C=O) groups is 2. The lowest BCUT2D eigenvalue weighted by Gasteiger charge is -2.27. The summed E-state index contributed by atoms with van der Waals surface area (Å²) in [5.41, 5.74) is 1.61. The van der Waals surface area contributed by atoms with Crippen LogP contribution < -0.4 is 15.4 Å². The van der Waals surface area contributed by atoms with Gasteiger partial charge in [0.15, 0.2) is 5.11 Å². The van der Waals surface area contributed by atoms with Crippen LogP contribution in [0.15, 0.2) is 48.5 Å². The van der Waals surface area contributed by atoms with Crippen molar-refractivity contribution in [2.24, 2.45) is 0 Å². The lowest BCUT2D eigenvalue weighted by atomic mass is 10.1. The van der Waals surface area contributed by atoms with E-state index in [1.807, 2.05) is 24.0 Å². The molecule has 0 aliphatic carbocycles. The fourth-order valence-corrected chi connectivity index (χ4v) is 3.50. The van der Waals surface area contributed by atoms with Crippen molar-refractivity contribution in [3.8, 4) is 5.75 Å². The monoisotopic (exact) mass is 425 g/mol. The second-order valence-electron chi connectivity index (χ2n) is 7.18. The Hall–Kier alpha value is -2.93. The van der Waals surface area contributed by atoms with E-state index >= 15 is 0 Å². The largest absolute Gasteiger partial charge is 0.494 e. The Bertz CT molecular complexity index is 893. The van der Waals surface area contributed by atoms with Crippen LogP contribution in [0.1, 0.15) is 53.3 Å². The lowest BCUT2D eigenvalue weighted by Crippen LogP contribution is -2.37. The van der Waals surface area contributed by atoms with Crippen LogP contribution in [0.25, 0.3) is 0 Å². The standard InChI is InChI=1S/C23H27N3O3S/c1-2-16-29-18-12-10-17(11-13-18)21(27)25-23(30)24-20-9-5-4-8-19(20)22(28)26-14-6-3-7-15-26/h4-5,8-13H,2-3,6-7,14-16H2,1H3,(H2,24,25,27,30). The number of nitrogens with zero attached hydrogens (tertiary/aromatic N) is 1. The van der Waals surface area contributed by atoms with E-state index in [4.69, 9.17) is 17.0 Å². The van der Waals surface area contributed by atoms with Crippen molar-refractivity contribution in [1.82, 2.24) is 10.2 Å². The number of thiocarbonyl (C=S) groups is 1. The Morgan fingerprint density at radius 3 is 2.43 bits per heavy atom. The van der Waals surface area contributed by atoms with Crippen LogP contribution in [0.4, 0.5) is 5.69 Å². The lowest BCUT2D eigenvalue weighted by molar-refractivity contribution is 0.0725. The number of piperidine rings is 1. The van der Waals surface area contributed by atoms with Gasteiger partial charge in [0.2, 0.25) is 0 Å². The summed E-state index contributed by atoms with van der Waals surface area (Å²) in [6, 6.07) is 14.1. The molecule has 0 atom stereocenters. The second kappa shape index (κ2) is 10.7. The average Bonchev–Trinajstić information content (AvgIpc) is 2.78. The van der Waals surface area contributed by atoms with E-state index in [1.54, 1.807) is 36.4 Å². The highest BCUT2D eigenvalue weighted by Crippen LogP contribution is 2.20. The zero-order valence-corrected chi connectivity index (χ0v) is 18.0. The van der Waals surface area contributed by atoms with E-state index < -0.39 is 0 Å². The molecule has 2 N–H and O–H groups in total. The second-order valence-corrected chi connectivity index (χ2v) is 7.59. The van der Waals surface area contributed by atoms with E-state index in [0.717, 1.165) is 44.5 Å². The zero-order chi connectivity index (χ0) is 21.3. The molecule has 0 aromatic heterocycles. The third-order valence-electron chi connectivity index (χ3n) is 4.87. The number of ether oxygens (including phenoxy) is 1. The van der Waals surface area contributed by atoms with Crippen LogP contribution in [0.3, 0.4) is 0 Å². The highest BCUT2D eigenvalue weighted by molar-refractivity contribution is 7.80. The molecule has 3 rings (SSSR count). The van der Waals surface area contributed by atoms with Crippen molar-refractivity contribution in [3.05, 3.63) is 59.7 Å². The molecule has 2 aromatic rings. The molecule has 7 heteroatoms. The van der Waals surface area contributed by atoms with Crippen LogP contribution in [0, 0.1) is 0 Å². The van der Waals surface area contributed by atoms with Crippen LogP contribution in [-0.4, -0.2) is 41.5 Å². The van der Waals surface area contributed by atoms with Gasteiger partial charge in [0.05, 0.1) is 17.9 Å². The molecule has 2 aromatic carbocycles. The molecule has 0 saturated carbocycles. The van der Waals surface area contributed by atoms with Gasteiger partial charge in [-0.2, -0.15) is 0 Å². The third-order valence-corrected chi connectivity index (χ3v) is 5.07. The van der Waals surface area contributed by atoms with Gasteiger partial charge in [0, 0.05) is 18.7 Å². The zero-order valence-electron chi connectivity index (χ0n) is 17.1. The van der Waals surface area contributed by atoms with Crippen molar-refractivity contribution in [2.75, 3.05) is 25.0 Å². The van der Waals surface area contributed by atoms with Crippen LogP contribution in [0.5, 0.6) is 5.75 Å². The van der Waals surface area contributed by atoms with Gasteiger partial charge in [-0.1, -0.05) is 19.1 Å². The molecule has 2 amide bonds. The SMILES string of the molecule is CCCOc1ccc(C(=O)NC(=S)Nc2ccccc2C(=O)N2CCCCC2)cc1. The van der Waals surface area contributed by atoms with Crippen molar-refractivity contribution >= 4 is 34.8 Å². The van der Waals surface area contributed by atoms with Gasteiger partial charge in [-0.15, -0.1) is 0 Å². The fraction of sp³-hybridized carbons (Fsp3) is 0.348. The predicted molar refractivity (Wildman–Crippen MR) is 122 cm³/mol. The molecule has 1 saturated heterocycles. The number of benzene rings is 2. The first kappa shape index (κ1) is 21.8. The molecule has 0 radical (unpaired) electrons. The molecule has 1 heterocycles. The molecule has 1 aliphatic heterocycles. The van der Waals surface area contributed by atoms with E-state index in [9.17, 15) is 9.59 Å². The Kier molecular flexibility index (Phi) is 7.79. The molecular weight excluding hydrogens is 398 g/mol. The van der Waals surface area contributed by atoms with Crippen molar-refractivity contribution in [2.45, 2.75) is 32.6 Å². The first-order chi connectivity index (χ1) is 14.6. The smallest absolute Gasteiger partial charge is 0.257 e. The predicted octanol–water partition coefficient (Wildman–Crippen LogP) is 4.23. The van der Waals surface area contributed by atoms with Crippen molar-refractivity contribution < 1.29 is 14.3 Å². The van der Waals surface area contributed by atoms with Crippen LogP contribution >= 0.6 is 12.2 Å². The quantitative estimate of drug-likeness (QED) is 0.678. The number of amides is 2. The summed E-state index contributed by atoms with van der Waals surface area (Å²) in [6.45, 7) is 4.21. The summed E-state index contributed by atoms with van der Waals surface area (Å²) in [7, 11) is 0. The highest BCUT2D eigenvalue weighted by Gasteiger charge is 2.21. The Labute approximate surface area is 182 Å². The van der Waals surface area contributed by atoms with Crippen LogP contribution in [0.2, 0.25) is 0 Å². The summed E-state index contributed by atoms with van der Waals surface area (Å²) < 4.78 is 5.53. The maximum atomic E-state index is 12.9. The summed E-state index contributed by atoms with van der Waals surface area (Å²) in [5, 5.41) is 5.81. The van der Waals surface area contributed by atoms with Crippen molar-refractivity contribution in [1.29, 1.82) is 0 Å². The molecule has 1 aliphatic rings. The maximum absolute atomic E-state index is 12.9. The van der Waals surface area contributed by atoms with Gasteiger partial charge in [-0.3, -0.25) is 14.9 Å². The molecule has 0 unspecified atom stereocenters. The van der Waals surface area contributed by atoms with E-state index in [0.29, 0.717) is 23.4 Å². The Balaban J connectivity index is 1.62. The molecular formula is C23H27N3O3S. The minimum absolute atomic E-state index is 0.0189. The van der Waals surface area contributed by atoms with Gasteiger partial charge < -0.3 is 15.0 Å². The molecule has 6 nitrogen and oxygen atoms in total. The van der Waals surface area contributed by atoms with E-state index in [2.05, 4.69) is 10.6 Å². The normalized spacial score (nSPS) is 13.4. The van der Waals surface area contributed by atoms with E-state index in [1.165, 1.54) is 0 Å². The number of para-hydroxylation sites is 1. The van der Waals surface area contributed by atoms with Gasteiger partial charge in [0.1, 0.15) is 5.75 Å². The molecule has 0 spiro atoms. The number of likely N-dealkylation sites (tertiary alicyclic amines) is 1. The summed E-state index contributed by atoms with van der Waals surface area (Å²) >= 11 is 5.31. The van der Waals surface area contributed by atoms with Gasteiger partial charge in [-0.05, 0) is 74.3 Å². The molecule has 30 heavy (non-hydrogen) atoms. The molecule has 158 valence electrons. The number of hydrogen-bond acceptors (Lipinski definition) is 4. The summed E-state index contributed by atoms with van der Waals surface area (Å²) in [6.07, 6.45) is 4.13. The Morgan fingerprint density at radius 2 is 1.73 bits per heavy atom. The Morgan fingerprint density at radius 1 is 1.03 bits per heavy atom. The topological polar surface area (TPSA) is 70.7 Å².